The molecule has 1 aromatic rings. The molecule has 1 nitrogen and oxygen atoms in total. The summed E-state index contributed by atoms with van der Waals surface area (Å²) in [7, 11) is 0. The van der Waals surface area contributed by atoms with Crippen molar-refractivity contribution in [2.24, 2.45) is 11.8 Å². The third-order valence-corrected chi connectivity index (χ3v) is 3.83. The van der Waals surface area contributed by atoms with E-state index in [9.17, 15) is 8.78 Å². The molecule has 1 heterocycles. The van der Waals surface area contributed by atoms with E-state index < -0.39 is 11.6 Å². The number of hydrogen-bond acceptors (Lipinski definition) is 1. The number of hydrogen-bond donors (Lipinski definition) is 0. The summed E-state index contributed by atoms with van der Waals surface area (Å²) in [5.74, 6) is -0.361. The van der Waals surface area contributed by atoms with E-state index in [2.05, 4.69) is 0 Å². The molecule has 2 rings (SSSR count). The van der Waals surface area contributed by atoms with Crippen LogP contribution in [0, 0.1) is 23.5 Å². The summed E-state index contributed by atoms with van der Waals surface area (Å²) >= 11 is 0. The van der Waals surface area contributed by atoms with Gasteiger partial charge < -0.3 is 4.74 Å². The fraction of sp³-hybridized carbons (Fsp3) is 0.600. The Morgan fingerprint density at radius 2 is 1.67 bits per heavy atom. The second-order valence-corrected chi connectivity index (χ2v) is 5.35. The maximum Gasteiger partial charge on any atom is 0.129 e. The van der Waals surface area contributed by atoms with Crippen LogP contribution >= 0.6 is 0 Å². The van der Waals surface area contributed by atoms with Crippen LogP contribution in [0.4, 0.5) is 8.78 Å². The van der Waals surface area contributed by atoms with Crippen molar-refractivity contribution in [3.05, 3.63) is 35.4 Å². The molecule has 1 unspecified atom stereocenters. The lowest BCUT2D eigenvalue weighted by Gasteiger charge is -2.33. The average Bonchev–Trinajstić information content (AvgIpc) is 2.34. The van der Waals surface area contributed by atoms with Gasteiger partial charge in [0.15, 0.2) is 0 Å². The van der Waals surface area contributed by atoms with Gasteiger partial charge in [-0.25, -0.2) is 8.78 Å². The Balaban J connectivity index is 2.34. The predicted octanol–water partition coefficient (Wildman–Crippen LogP) is 4.13. The molecular weight excluding hydrogens is 234 g/mol. The van der Waals surface area contributed by atoms with E-state index in [0.29, 0.717) is 19.1 Å². The number of ether oxygens (including phenoxy) is 1. The van der Waals surface area contributed by atoms with Crippen LogP contribution in [0.15, 0.2) is 18.2 Å². The summed E-state index contributed by atoms with van der Waals surface area (Å²) in [6.07, 6.45) is 1.77. The molecule has 1 aromatic carbocycles. The zero-order chi connectivity index (χ0) is 13.1. The fourth-order valence-corrected chi connectivity index (χ4v) is 3.02. The van der Waals surface area contributed by atoms with E-state index in [4.69, 9.17) is 4.74 Å². The van der Waals surface area contributed by atoms with Crippen molar-refractivity contribution in [2.75, 3.05) is 13.2 Å². The molecule has 1 fully saturated rings. The Morgan fingerprint density at radius 1 is 1.11 bits per heavy atom. The van der Waals surface area contributed by atoms with Crippen LogP contribution in [-0.4, -0.2) is 13.2 Å². The van der Waals surface area contributed by atoms with Gasteiger partial charge >= 0.3 is 0 Å². The molecule has 0 saturated carbocycles. The molecule has 0 amide bonds. The van der Waals surface area contributed by atoms with Gasteiger partial charge in [0.05, 0.1) is 0 Å². The highest BCUT2D eigenvalue weighted by Gasteiger charge is 2.31. The van der Waals surface area contributed by atoms with Gasteiger partial charge in [-0.05, 0) is 42.7 Å². The largest absolute Gasteiger partial charge is 0.381 e. The predicted molar refractivity (Wildman–Crippen MR) is 67.5 cm³/mol. The van der Waals surface area contributed by atoms with E-state index in [-0.39, 0.29) is 17.4 Å². The van der Waals surface area contributed by atoms with E-state index in [1.165, 1.54) is 18.2 Å². The average molecular weight is 254 g/mol. The highest BCUT2D eigenvalue weighted by Crippen LogP contribution is 2.39. The highest BCUT2D eigenvalue weighted by atomic mass is 19.1. The van der Waals surface area contributed by atoms with Gasteiger partial charge in [0.2, 0.25) is 0 Å². The van der Waals surface area contributed by atoms with Crippen molar-refractivity contribution in [1.82, 2.24) is 0 Å². The van der Waals surface area contributed by atoms with E-state index in [0.717, 1.165) is 12.8 Å². The van der Waals surface area contributed by atoms with Crippen LogP contribution in [-0.2, 0) is 4.74 Å². The van der Waals surface area contributed by atoms with Crippen molar-refractivity contribution in [3.63, 3.8) is 0 Å². The summed E-state index contributed by atoms with van der Waals surface area (Å²) in [5, 5.41) is 0. The second kappa shape index (κ2) is 5.79. The topological polar surface area (TPSA) is 9.23 Å². The Kier molecular flexibility index (Phi) is 4.33. The van der Waals surface area contributed by atoms with Crippen LogP contribution in [0.2, 0.25) is 0 Å². The lowest BCUT2D eigenvalue weighted by molar-refractivity contribution is 0.0511. The Hall–Kier alpha value is -0.960. The molecule has 0 aliphatic carbocycles. The molecule has 0 spiro atoms. The summed E-state index contributed by atoms with van der Waals surface area (Å²) in [6, 6.07) is 4.13. The first-order valence-electron chi connectivity index (χ1n) is 6.63. The summed E-state index contributed by atoms with van der Waals surface area (Å²) in [6.45, 7) is 5.46. The molecule has 1 saturated heterocycles. The van der Waals surface area contributed by atoms with Crippen LogP contribution in [0.25, 0.3) is 0 Å². The smallest absolute Gasteiger partial charge is 0.129 e. The summed E-state index contributed by atoms with van der Waals surface area (Å²) in [4.78, 5) is 0. The maximum absolute atomic E-state index is 13.9. The zero-order valence-corrected chi connectivity index (χ0v) is 11.0. The first kappa shape index (κ1) is 13.5. The second-order valence-electron chi connectivity index (χ2n) is 5.35. The quantitative estimate of drug-likeness (QED) is 0.788. The molecule has 1 atom stereocenters. The van der Waals surface area contributed by atoms with Crippen LogP contribution in [0.1, 0.15) is 38.2 Å². The molecule has 0 radical (unpaired) electrons. The third-order valence-electron chi connectivity index (χ3n) is 3.83. The summed E-state index contributed by atoms with van der Waals surface area (Å²) < 4.78 is 33.2. The van der Waals surface area contributed by atoms with Crippen molar-refractivity contribution in [1.29, 1.82) is 0 Å². The molecule has 1 aliphatic rings. The molecular formula is C15H20F2O. The van der Waals surface area contributed by atoms with Crippen molar-refractivity contribution in [3.8, 4) is 0 Å². The molecule has 100 valence electrons. The summed E-state index contributed by atoms with van der Waals surface area (Å²) in [5.41, 5.74) is 0.263. The number of rotatable bonds is 3. The minimum Gasteiger partial charge on any atom is -0.381 e. The Morgan fingerprint density at radius 3 is 2.17 bits per heavy atom. The fourth-order valence-electron chi connectivity index (χ4n) is 3.02. The van der Waals surface area contributed by atoms with E-state index in [1.807, 2.05) is 13.8 Å². The first-order chi connectivity index (χ1) is 8.61. The zero-order valence-electron chi connectivity index (χ0n) is 11.0. The van der Waals surface area contributed by atoms with Gasteiger partial charge in [-0.3, -0.25) is 0 Å². The minimum atomic E-state index is -0.416. The molecule has 3 heteroatoms. The van der Waals surface area contributed by atoms with Crippen LogP contribution in [0.3, 0.4) is 0 Å². The minimum absolute atomic E-state index is 0.0601. The lowest BCUT2D eigenvalue weighted by Crippen LogP contribution is -2.26. The van der Waals surface area contributed by atoms with Crippen molar-refractivity contribution >= 4 is 0 Å². The van der Waals surface area contributed by atoms with Gasteiger partial charge in [0.25, 0.3) is 0 Å². The normalized spacial score (nSPS) is 19.2. The molecule has 18 heavy (non-hydrogen) atoms. The SMILES string of the molecule is CC(C)C(c1c(F)cccc1F)C1CCOCC1. The van der Waals surface area contributed by atoms with Crippen molar-refractivity contribution in [2.45, 2.75) is 32.6 Å². The number of halogens is 2. The van der Waals surface area contributed by atoms with E-state index >= 15 is 0 Å². The molecule has 0 aromatic heterocycles. The lowest BCUT2D eigenvalue weighted by atomic mass is 9.74. The van der Waals surface area contributed by atoms with Gasteiger partial charge in [-0.15, -0.1) is 0 Å². The molecule has 0 bridgehead atoms. The van der Waals surface area contributed by atoms with Gasteiger partial charge in [-0.2, -0.15) is 0 Å². The molecule has 0 N–H and O–H groups in total. The maximum atomic E-state index is 13.9. The molecule has 1 aliphatic heterocycles. The van der Waals surface area contributed by atoms with Gasteiger partial charge in [-0.1, -0.05) is 19.9 Å². The Labute approximate surface area is 107 Å². The monoisotopic (exact) mass is 254 g/mol. The highest BCUT2D eigenvalue weighted by molar-refractivity contribution is 5.25. The van der Waals surface area contributed by atoms with Crippen LogP contribution < -0.4 is 0 Å². The van der Waals surface area contributed by atoms with Gasteiger partial charge in [0.1, 0.15) is 11.6 Å². The van der Waals surface area contributed by atoms with Crippen LogP contribution in [0.5, 0.6) is 0 Å². The Bertz CT molecular complexity index is 377. The van der Waals surface area contributed by atoms with E-state index in [1.54, 1.807) is 0 Å². The van der Waals surface area contributed by atoms with Crippen molar-refractivity contribution < 1.29 is 13.5 Å². The third kappa shape index (κ3) is 2.72. The first-order valence-corrected chi connectivity index (χ1v) is 6.63. The van der Waals surface area contributed by atoms with Gasteiger partial charge in [0, 0.05) is 18.8 Å². The standard InChI is InChI=1S/C15H20F2O/c1-10(2)14(11-6-8-18-9-7-11)15-12(16)4-3-5-13(15)17/h3-5,10-11,14H,6-9H2,1-2H3. The number of benzene rings is 1.